The first-order valence-corrected chi connectivity index (χ1v) is 4.72. The summed E-state index contributed by atoms with van der Waals surface area (Å²) < 4.78 is 2.10. The number of primary amides is 1. The van der Waals surface area contributed by atoms with Crippen molar-refractivity contribution in [1.29, 1.82) is 0 Å². The third-order valence-electron chi connectivity index (χ3n) is 2.73. The lowest BCUT2D eigenvalue weighted by atomic mass is 10.2. The fourth-order valence-corrected chi connectivity index (χ4v) is 1.70. The summed E-state index contributed by atoms with van der Waals surface area (Å²) in [6, 6.07) is -0.208. The number of carbonyl (C=O) groups excluding carboxylic acids is 1. The van der Waals surface area contributed by atoms with Crippen LogP contribution in [0.4, 0.5) is 0 Å². The number of nitrogens with zero attached hydrogens (tertiary/aromatic N) is 3. The van der Waals surface area contributed by atoms with Gasteiger partial charge in [0.2, 0.25) is 5.91 Å². The van der Waals surface area contributed by atoms with Crippen LogP contribution in [0.25, 0.3) is 0 Å². The Labute approximate surface area is 82.5 Å². The molecule has 0 aromatic carbocycles. The van der Waals surface area contributed by atoms with E-state index in [-0.39, 0.29) is 11.9 Å². The van der Waals surface area contributed by atoms with Crippen molar-refractivity contribution in [3.63, 3.8) is 0 Å². The highest BCUT2D eigenvalue weighted by molar-refractivity contribution is 5.79. The smallest absolute Gasteiger partial charge is 0.234 e. The minimum Gasteiger partial charge on any atom is -0.368 e. The molecule has 0 spiro atoms. The normalized spacial score (nSPS) is 18.9. The predicted molar refractivity (Wildman–Crippen MR) is 51.3 cm³/mol. The van der Waals surface area contributed by atoms with Crippen LogP contribution in [0.2, 0.25) is 0 Å². The molecule has 1 aliphatic heterocycles. The van der Waals surface area contributed by atoms with Gasteiger partial charge in [0.1, 0.15) is 5.82 Å². The summed E-state index contributed by atoms with van der Waals surface area (Å²) in [4.78, 5) is 17.3. The standard InChI is InChI=1S/C9H14N4O/c1-7(9(10)14)13-5-4-12-3-2-11-8(12)6-13/h2-3,7H,4-6H2,1H3,(H2,10,14). The SMILES string of the molecule is CC(C(N)=O)N1CCn2ccnc2C1. The van der Waals surface area contributed by atoms with Crippen LogP contribution >= 0.6 is 0 Å². The van der Waals surface area contributed by atoms with Gasteiger partial charge in [0.05, 0.1) is 12.6 Å². The molecule has 1 atom stereocenters. The zero-order valence-electron chi connectivity index (χ0n) is 8.18. The Morgan fingerprint density at radius 1 is 1.64 bits per heavy atom. The van der Waals surface area contributed by atoms with Crippen molar-refractivity contribution in [3.8, 4) is 0 Å². The molecule has 76 valence electrons. The lowest BCUT2D eigenvalue weighted by molar-refractivity contribution is -0.123. The van der Waals surface area contributed by atoms with Gasteiger partial charge >= 0.3 is 0 Å². The Morgan fingerprint density at radius 3 is 3.14 bits per heavy atom. The van der Waals surface area contributed by atoms with E-state index < -0.39 is 0 Å². The number of hydrogen-bond donors (Lipinski definition) is 1. The number of carbonyl (C=O) groups is 1. The van der Waals surface area contributed by atoms with Crippen molar-refractivity contribution in [3.05, 3.63) is 18.2 Å². The summed E-state index contributed by atoms with van der Waals surface area (Å²) in [6.07, 6.45) is 3.75. The minimum atomic E-state index is -0.273. The summed E-state index contributed by atoms with van der Waals surface area (Å²) in [5, 5.41) is 0. The van der Waals surface area contributed by atoms with Crippen LogP contribution in [0, 0.1) is 0 Å². The molecule has 1 unspecified atom stereocenters. The van der Waals surface area contributed by atoms with Gasteiger partial charge in [-0.05, 0) is 6.92 Å². The number of rotatable bonds is 2. The Balaban J connectivity index is 2.11. The molecule has 0 fully saturated rings. The van der Waals surface area contributed by atoms with Gasteiger partial charge in [-0.2, -0.15) is 0 Å². The Bertz CT molecular complexity index is 346. The van der Waals surface area contributed by atoms with Gasteiger partial charge in [0.25, 0.3) is 0 Å². The van der Waals surface area contributed by atoms with E-state index in [1.54, 1.807) is 6.20 Å². The van der Waals surface area contributed by atoms with Crippen molar-refractivity contribution in [2.45, 2.75) is 26.1 Å². The largest absolute Gasteiger partial charge is 0.368 e. The molecule has 0 bridgehead atoms. The van der Waals surface area contributed by atoms with Gasteiger partial charge < -0.3 is 10.3 Å². The van der Waals surface area contributed by atoms with Gasteiger partial charge in [0, 0.05) is 25.5 Å². The Morgan fingerprint density at radius 2 is 2.43 bits per heavy atom. The first kappa shape index (κ1) is 9.21. The molecular formula is C9H14N4O. The van der Waals surface area contributed by atoms with Crippen molar-refractivity contribution in [2.24, 2.45) is 5.73 Å². The average molecular weight is 194 g/mol. The van der Waals surface area contributed by atoms with E-state index >= 15 is 0 Å². The van der Waals surface area contributed by atoms with Crippen LogP contribution < -0.4 is 5.73 Å². The van der Waals surface area contributed by atoms with Crippen molar-refractivity contribution in [2.75, 3.05) is 6.54 Å². The fourth-order valence-electron chi connectivity index (χ4n) is 1.70. The van der Waals surface area contributed by atoms with Crippen LogP contribution in [0.5, 0.6) is 0 Å². The van der Waals surface area contributed by atoms with Crippen molar-refractivity contribution in [1.82, 2.24) is 14.5 Å². The van der Waals surface area contributed by atoms with Crippen LogP contribution in [-0.2, 0) is 17.9 Å². The van der Waals surface area contributed by atoms with Crippen LogP contribution in [0.15, 0.2) is 12.4 Å². The lowest BCUT2D eigenvalue weighted by Crippen LogP contribution is -2.46. The second-order valence-corrected chi connectivity index (χ2v) is 3.59. The second-order valence-electron chi connectivity index (χ2n) is 3.59. The first-order valence-electron chi connectivity index (χ1n) is 4.72. The van der Waals surface area contributed by atoms with Gasteiger partial charge in [-0.3, -0.25) is 9.69 Å². The molecule has 0 aliphatic carbocycles. The number of imidazole rings is 1. The highest BCUT2D eigenvalue weighted by Gasteiger charge is 2.23. The maximum absolute atomic E-state index is 11.0. The molecule has 1 aliphatic rings. The quantitative estimate of drug-likeness (QED) is 0.695. The molecule has 0 saturated carbocycles. The van der Waals surface area contributed by atoms with Crippen molar-refractivity contribution < 1.29 is 4.79 Å². The number of aromatic nitrogens is 2. The lowest BCUT2D eigenvalue weighted by Gasteiger charge is -2.30. The van der Waals surface area contributed by atoms with E-state index in [1.807, 2.05) is 18.0 Å². The van der Waals surface area contributed by atoms with Crippen molar-refractivity contribution >= 4 is 5.91 Å². The predicted octanol–water partition coefficient (Wildman–Crippen LogP) is -0.427. The molecular weight excluding hydrogens is 180 g/mol. The summed E-state index contributed by atoms with van der Waals surface area (Å²) >= 11 is 0. The van der Waals surface area contributed by atoms with E-state index in [4.69, 9.17) is 5.73 Å². The third kappa shape index (κ3) is 1.50. The highest BCUT2D eigenvalue weighted by Crippen LogP contribution is 2.12. The number of hydrogen-bond acceptors (Lipinski definition) is 3. The molecule has 0 radical (unpaired) electrons. The zero-order chi connectivity index (χ0) is 10.1. The summed E-state index contributed by atoms with van der Waals surface area (Å²) in [6.45, 7) is 4.28. The molecule has 1 amide bonds. The average Bonchev–Trinajstić information content (AvgIpc) is 2.62. The molecule has 5 heteroatoms. The third-order valence-corrected chi connectivity index (χ3v) is 2.73. The highest BCUT2D eigenvalue weighted by atomic mass is 16.1. The summed E-state index contributed by atoms with van der Waals surface area (Å²) in [7, 11) is 0. The second kappa shape index (κ2) is 3.42. The fraction of sp³-hybridized carbons (Fsp3) is 0.556. The Hall–Kier alpha value is -1.36. The van der Waals surface area contributed by atoms with Crippen LogP contribution in [0.3, 0.4) is 0 Å². The minimum absolute atomic E-state index is 0.208. The van der Waals surface area contributed by atoms with Gasteiger partial charge in [-0.25, -0.2) is 4.98 Å². The molecule has 2 heterocycles. The van der Waals surface area contributed by atoms with Crippen LogP contribution in [0.1, 0.15) is 12.7 Å². The van der Waals surface area contributed by atoms with E-state index in [0.717, 1.165) is 18.9 Å². The first-order chi connectivity index (χ1) is 6.68. The van der Waals surface area contributed by atoms with Gasteiger partial charge in [-0.15, -0.1) is 0 Å². The summed E-state index contributed by atoms with van der Waals surface area (Å²) in [5.41, 5.74) is 5.25. The number of fused-ring (bicyclic) bond motifs is 1. The van der Waals surface area contributed by atoms with E-state index in [2.05, 4.69) is 9.55 Å². The van der Waals surface area contributed by atoms with Crippen LogP contribution in [-0.4, -0.2) is 32.9 Å². The zero-order valence-corrected chi connectivity index (χ0v) is 8.18. The monoisotopic (exact) mass is 194 g/mol. The maximum atomic E-state index is 11.0. The molecule has 5 nitrogen and oxygen atoms in total. The number of amides is 1. The van der Waals surface area contributed by atoms with Gasteiger partial charge in [0.15, 0.2) is 0 Å². The topological polar surface area (TPSA) is 64.2 Å². The molecule has 1 aromatic rings. The van der Waals surface area contributed by atoms with E-state index in [0.29, 0.717) is 6.54 Å². The van der Waals surface area contributed by atoms with Gasteiger partial charge in [-0.1, -0.05) is 0 Å². The molecule has 2 N–H and O–H groups in total. The van der Waals surface area contributed by atoms with E-state index in [9.17, 15) is 4.79 Å². The number of nitrogens with two attached hydrogens (primary N) is 1. The van der Waals surface area contributed by atoms with E-state index in [1.165, 1.54) is 0 Å². The Kier molecular flexibility index (Phi) is 2.25. The molecule has 1 aromatic heterocycles. The summed E-state index contributed by atoms with van der Waals surface area (Å²) in [5.74, 6) is 0.731. The molecule has 2 rings (SSSR count). The molecule has 14 heavy (non-hydrogen) atoms. The maximum Gasteiger partial charge on any atom is 0.234 e. The molecule has 0 saturated heterocycles.